The summed E-state index contributed by atoms with van der Waals surface area (Å²) >= 11 is 0. The van der Waals surface area contributed by atoms with E-state index < -0.39 is 59.2 Å². The Balaban J connectivity index is 0. The molecular formula is C18H28O12. The molecule has 0 aromatic carbocycles. The predicted molar refractivity (Wildman–Crippen MR) is 97.8 cm³/mol. The number of hydrogen-bond acceptors (Lipinski definition) is 12. The van der Waals surface area contributed by atoms with Crippen molar-refractivity contribution in [1.82, 2.24) is 0 Å². The molecule has 0 heterocycles. The van der Waals surface area contributed by atoms with Crippen LogP contribution in [0.25, 0.3) is 0 Å². The molecule has 12 nitrogen and oxygen atoms in total. The first-order valence-corrected chi connectivity index (χ1v) is 8.58. The topological polar surface area (TPSA) is 191 Å². The molecule has 0 aromatic heterocycles. The van der Waals surface area contributed by atoms with Gasteiger partial charge in [0, 0.05) is 20.8 Å². The van der Waals surface area contributed by atoms with Crippen molar-refractivity contribution < 1.29 is 58.3 Å². The third-order valence-corrected chi connectivity index (χ3v) is 3.71. The molecule has 0 fully saturated rings. The molecule has 0 aromatic rings. The molecule has 0 aliphatic heterocycles. The van der Waals surface area contributed by atoms with Crippen molar-refractivity contribution in [2.45, 2.75) is 58.8 Å². The van der Waals surface area contributed by atoms with Crippen LogP contribution in [0.1, 0.15) is 41.5 Å². The lowest BCUT2D eigenvalue weighted by Crippen LogP contribution is -2.68. The van der Waals surface area contributed by atoms with Gasteiger partial charge in [-0.25, -0.2) is 0 Å². The summed E-state index contributed by atoms with van der Waals surface area (Å²) in [6.07, 6.45) is -0.754. The number of ether oxygens (including phenoxy) is 3. The van der Waals surface area contributed by atoms with Crippen LogP contribution in [0.5, 0.6) is 0 Å². The highest BCUT2D eigenvalue weighted by Crippen LogP contribution is 2.25. The first kappa shape index (κ1) is 29.5. The summed E-state index contributed by atoms with van der Waals surface area (Å²) in [6, 6.07) is 0. The SMILES string of the molecule is CC(=O)C(O)(CO)C(O)(C(C)=O)C(C)=O.CC(=O)OCC(COC(C)=O)OC(C)=O. The summed E-state index contributed by atoms with van der Waals surface area (Å²) < 4.78 is 14.0. The fourth-order valence-electron chi connectivity index (χ4n) is 2.08. The average molecular weight is 436 g/mol. The van der Waals surface area contributed by atoms with Crippen LogP contribution >= 0.6 is 0 Å². The molecular weight excluding hydrogens is 408 g/mol. The van der Waals surface area contributed by atoms with Crippen molar-refractivity contribution in [3.63, 3.8) is 0 Å². The van der Waals surface area contributed by atoms with Crippen molar-refractivity contribution in [2.24, 2.45) is 0 Å². The van der Waals surface area contributed by atoms with E-state index in [4.69, 9.17) is 9.84 Å². The molecule has 0 rings (SSSR count). The normalized spacial score (nSPS) is 12.6. The smallest absolute Gasteiger partial charge is 0.303 e. The highest BCUT2D eigenvalue weighted by molar-refractivity contribution is 6.14. The average Bonchev–Trinajstić information content (AvgIpc) is 2.61. The standard InChI is InChI=1S/2C9H14O6/c1-6(10)13-4-9(15-8(3)12)5-14-7(2)11;1-5(11)8(14,4-10)9(15,6(2)12)7(3)13/h9H,4-5H2,1-3H3;10,14-15H,4H2,1-3H3. The van der Waals surface area contributed by atoms with Crippen LogP contribution in [-0.4, -0.2) is 87.7 Å². The van der Waals surface area contributed by atoms with Crippen molar-refractivity contribution in [1.29, 1.82) is 0 Å². The van der Waals surface area contributed by atoms with Gasteiger partial charge in [-0.2, -0.15) is 0 Å². The summed E-state index contributed by atoms with van der Waals surface area (Å²) in [5, 5.41) is 28.2. The first-order valence-electron chi connectivity index (χ1n) is 8.58. The predicted octanol–water partition coefficient (Wildman–Crippen LogP) is -1.75. The van der Waals surface area contributed by atoms with Crippen molar-refractivity contribution in [3.05, 3.63) is 0 Å². The van der Waals surface area contributed by atoms with Crippen LogP contribution in [0.2, 0.25) is 0 Å². The second-order valence-corrected chi connectivity index (χ2v) is 6.23. The third-order valence-electron chi connectivity index (χ3n) is 3.71. The van der Waals surface area contributed by atoms with Crippen molar-refractivity contribution in [2.75, 3.05) is 19.8 Å². The molecule has 0 saturated carbocycles. The van der Waals surface area contributed by atoms with Crippen LogP contribution < -0.4 is 0 Å². The van der Waals surface area contributed by atoms with Crippen LogP contribution in [0.3, 0.4) is 0 Å². The van der Waals surface area contributed by atoms with Gasteiger partial charge < -0.3 is 29.5 Å². The molecule has 0 saturated heterocycles. The zero-order valence-corrected chi connectivity index (χ0v) is 17.7. The highest BCUT2D eigenvalue weighted by Gasteiger charge is 2.59. The first-order chi connectivity index (χ1) is 13.6. The number of esters is 3. The van der Waals surface area contributed by atoms with Gasteiger partial charge in [-0.05, 0) is 20.8 Å². The summed E-state index contributed by atoms with van der Waals surface area (Å²) in [7, 11) is 0. The molecule has 0 aliphatic carbocycles. The van der Waals surface area contributed by atoms with E-state index in [2.05, 4.69) is 9.47 Å². The minimum Gasteiger partial charge on any atom is -0.462 e. The van der Waals surface area contributed by atoms with E-state index in [1.165, 1.54) is 20.8 Å². The van der Waals surface area contributed by atoms with Gasteiger partial charge in [-0.1, -0.05) is 0 Å². The number of aliphatic hydroxyl groups excluding tert-OH is 1. The number of carbonyl (C=O) groups is 6. The molecule has 12 heteroatoms. The third kappa shape index (κ3) is 8.76. The molecule has 0 radical (unpaired) electrons. The largest absolute Gasteiger partial charge is 0.462 e. The molecule has 0 aliphatic rings. The number of rotatable bonds is 10. The van der Waals surface area contributed by atoms with Gasteiger partial charge in [0.25, 0.3) is 0 Å². The Kier molecular flexibility index (Phi) is 12.6. The van der Waals surface area contributed by atoms with Gasteiger partial charge in [0.15, 0.2) is 29.1 Å². The zero-order valence-electron chi connectivity index (χ0n) is 17.7. The molecule has 0 amide bonds. The zero-order chi connectivity index (χ0) is 24.3. The Morgan fingerprint density at radius 1 is 0.700 bits per heavy atom. The van der Waals surface area contributed by atoms with Gasteiger partial charge in [0.05, 0.1) is 6.61 Å². The summed E-state index contributed by atoms with van der Waals surface area (Å²) in [5.74, 6) is -4.76. The molecule has 1 atom stereocenters. The Morgan fingerprint density at radius 2 is 1.07 bits per heavy atom. The van der Waals surface area contributed by atoms with Gasteiger partial charge in [0.1, 0.15) is 13.2 Å². The Labute approximate surface area is 173 Å². The van der Waals surface area contributed by atoms with Crippen LogP contribution in [0.15, 0.2) is 0 Å². The molecule has 1 unspecified atom stereocenters. The van der Waals surface area contributed by atoms with E-state index in [0.29, 0.717) is 0 Å². The number of hydrogen-bond donors (Lipinski definition) is 3. The van der Waals surface area contributed by atoms with Crippen molar-refractivity contribution >= 4 is 35.3 Å². The Morgan fingerprint density at radius 3 is 1.23 bits per heavy atom. The Bertz CT molecular complexity index is 636. The second kappa shape index (κ2) is 12.8. The molecule has 0 bridgehead atoms. The maximum absolute atomic E-state index is 11.1. The highest BCUT2D eigenvalue weighted by atomic mass is 16.6. The Hall–Kier alpha value is -2.70. The minimum atomic E-state index is -2.90. The fourth-order valence-corrected chi connectivity index (χ4v) is 2.08. The molecule has 30 heavy (non-hydrogen) atoms. The summed E-state index contributed by atoms with van der Waals surface area (Å²) in [5.41, 5.74) is -5.68. The van der Waals surface area contributed by atoms with Gasteiger partial charge in [-0.3, -0.25) is 28.8 Å². The fraction of sp³-hybridized carbons (Fsp3) is 0.667. The van der Waals surface area contributed by atoms with E-state index in [9.17, 15) is 39.0 Å². The summed E-state index contributed by atoms with van der Waals surface area (Å²) in [4.78, 5) is 65.0. The number of aliphatic hydroxyl groups is 3. The monoisotopic (exact) mass is 436 g/mol. The molecule has 3 N–H and O–H groups in total. The lowest BCUT2D eigenvalue weighted by Gasteiger charge is -2.36. The van der Waals surface area contributed by atoms with Crippen LogP contribution in [0.4, 0.5) is 0 Å². The van der Waals surface area contributed by atoms with E-state index in [-0.39, 0.29) is 13.2 Å². The second-order valence-electron chi connectivity index (χ2n) is 6.23. The van der Waals surface area contributed by atoms with Crippen LogP contribution in [0, 0.1) is 0 Å². The van der Waals surface area contributed by atoms with E-state index in [1.807, 2.05) is 0 Å². The minimum absolute atomic E-state index is 0.123. The number of ketones is 3. The quantitative estimate of drug-likeness (QED) is 0.199. The van der Waals surface area contributed by atoms with E-state index in [0.717, 1.165) is 20.8 Å². The van der Waals surface area contributed by atoms with Gasteiger partial charge >= 0.3 is 17.9 Å². The maximum Gasteiger partial charge on any atom is 0.303 e. The van der Waals surface area contributed by atoms with E-state index >= 15 is 0 Å². The lowest BCUT2D eigenvalue weighted by molar-refractivity contribution is -0.190. The molecule has 172 valence electrons. The lowest BCUT2D eigenvalue weighted by atomic mass is 9.75. The number of carbonyl (C=O) groups excluding carboxylic acids is 6. The van der Waals surface area contributed by atoms with Crippen molar-refractivity contribution in [3.8, 4) is 0 Å². The molecule has 0 spiro atoms. The summed E-state index contributed by atoms with van der Waals surface area (Å²) in [6.45, 7) is 4.80. The van der Waals surface area contributed by atoms with E-state index in [1.54, 1.807) is 0 Å². The van der Waals surface area contributed by atoms with Gasteiger partial charge in [0.2, 0.25) is 5.60 Å². The van der Waals surface area contributed by atoms with Gasteiger partial charge in [-0.15, -0.1) is 0 Å². The number of Topliss-reactive ketones (excluding diaryl/α,β-unsaturated/α-hetero) is 3. The van der Waals surface area contributed by atoms with Crippen LogP contribution in [-0.2, 0) is 43.0 Å². The maximum atomic E-state index is 11.1.